The van der Waals surface area contributed by atoms with Gasteiger partial charge in [0.1, 0.15) is 11.5 Å². The molecule has 0 saturated heterocycles. The van der Waals surface area contributed by atoms with E-state index in [0.717, 1.165) is 18.9 Å². The minimum atomic E-state index is -0.547. The van der Waals surface area contributed by atoms with Gasteiger partial charge in [0, 0.05) is 6.54 Å². The first-order chi connectivity index (χ1) is 9.76. The molecular formula is C16H25FN2O2. The second kappa shape index (κ2) is 7.38. The van der Waals surface area contributed by atoms with Crippen LogP contribution < -0.4 is 5.32 Å². The first-order valence-electron chi connectivity index (χ1n) is 7.45. The fraction of sp³-hybridized carbons (Fsp3) is 0.625. The molecule has 5 heteroatoms. The van der Waals surface area contributed by atoms with E-state index in [1.54, 1.807) is 6.92 Å². The molecule has 1 N–H and O–H groups in total. The number of nitrogens with one attached hydrogen (secondary N) is 1. The van der Waals surface area contributed by atoms with E-state index in [2.05, 4.69) is 26.1 Å². The monoisotopic (exact) mass is 296 g/mol. The van der Waals surface area contributed by atoms with Crippen molar-refractivity contribution in [2.75, 3.05) is 11.9 Å². The lowest BCUT2D eigenvalue weighted by Crippen LogP contribution is -2.23. The van der Waals surface area contributed by atoms with Crippen molar-refractivity contribution in [1.82, 2.24) is 0 Å². The van der Waals surface area contributed by atoms with Gasteiger partial charge in [-0.2, -0.15) is 0 Å². The van der Waals surface area contributed by atoms with Crippen LogP contribution in [0.15, 0.2) is 12.1 Å². The minimum absolute atomic E-state index is 0.0470. The van der Waals surface area contributed by atoms with Gasteiger partial charge in [0.2, 0.25) is 0 Å². The molecule has 0 aliphatic heterocycles. The zero-order chi connectivity index (χ0) is 16.0. The van der Waals surface area contributed by atoms with E-state index in [-0.39, 0.29) is 11.1 Å². The van der Waals surface area contributed by atoms with E-state index in [1.807, 2.05) is 0 Å². The predicted octanol–water partition coefficient (Wildman–Crippen LogP) is 5.06. The average molecular weight is 296 g/mol. The van der Waals surface area contributed by atoms with Crippen LogP contribution in [-0.2, 0) is 0 Å². The lowest BCUT2D eigenvalue weighted by Gasteiger charge is -2.25. The molecule has 1 aromatic carbocycles. The molecule has 0 spiro atoms. The van der Waals surface area contributed by atoms with Crippen molar-refractivity contribution < 1.29 is 9.31 Å². The van der Waals surface area contributed by atoms with Gasteiger partial charge in [-0.25, -0.2) is 4.39 Å². The van der Waals surface area contributed by atoms with Crippen molar-refractivity contribution in [2.45, 2.75) is 53.4 Å². The molecule has 1 aromatic rings. The smallest absolute Gasteiger partial charge is 0.295 e. The van der Waals surface area contributed by atoms with E-state index in [9.17, 15) is 14.5 Å². The highest BCUT2D eigenvalue weighted by atomic mass is 19.1. The Balaban J connectivity index is 2.78. The molecule has 0 radical (unpaired) electrons. The summed E-state index contributed by atoms with van der Waals surface area (Å²) >= 11 is 0. The summed E-state index contributed by atoms with van der Waals surface area (Å²) in [7, 11) is 0. The second-order valence-electron chi connectivity index (χ2n) is 6.35. The number of halogens is 1. The molecule has 0 amide bonds. The number of unbranched alkanes of at least 4 members (excludes halogenated alkanes) is 2. The summed E-state index contributed by atoms with van der Waals surface area (Å²) in [4.78, 5) is 10.5. The number of nitrogens with zero attached hydrogens (tertiary/aromatic N) is 1. The van der Waals surface area contributed by atoms with Gasteiger partial charge in [-0.15, -0.1) is 0 Å². The van der Waals surface area contributed by atoms with Crippen molar-refractivity contribution in [1.29, 1.82) is 0 Å². The lowest BCUT2D eigenvalue weighted by atomic mass is 9.87. The summed E-state index contributed by atoms with van der Waals surface area (Å²) in [5.74, 6) is -0.547. The van der Waals surface area contributed by atoms with E-state index in [4.69, 9.17) is 0 Å². The number of rotatable bonds is 8. The predicted molar refractivity (Wildman–Crippen MR) is 84.2 cm³/mol. The van der Waals surface area contributed by atoms with Crippen molar-refractivity contribution in [3.63, 3.8) is 0 Å². The Kier molecular flexibility index (Phi) is 6.12. The third kappa shape index (κ3) is 5.33. The summed E-state index contributed by atoms with van der Waals surface area (Å²) in [6.45, 7) is 8.67. The van der Waals surface area contributed by atoms with Crippen LogP contribution >= 0.6 is 0 Å². The van der Waals surface area contributed by atoms with Crippen LogP contribution in [0.2, 0.25) is 0 Å². The molecule has 0 aromatic heterocycles. The molecule has 0 atom stereocenters. The Hall–Kier alpha value is -1.65. The molecule has 0 aliphatic carbocycles. The van der Waals surface area contributed by atoms with Crippen LogP contribution in [0, 0.1) is 28.3 Å². The summed E-state index contributed by atoms with van der Waals surface area (Å²) in [6.07, 6.45) is 4.57. The Morgan fingerprint density at radius 2 is 2.00 bits per heavy atom. The Morgan fingerprint density at radius 3 is 2.57 bits per heavy atom. The number of hydrogen-bond donors (Lipinski definition) is 1. The van der Waals surface area contributed by atoms with Crippen molar-refractivity contribution >= 4 is 11.4 Å². The number of hydrogen-bond acceptors (Lipinski definition) is 3. The number of aryl methyl sites for hydroxylation is 1. The van der Waals surface area contributed by atoms with E-state index < -0.39 is 10.7 Å². The maximum Gasteiger partial charge on any atom is 0.295 e. The Morgan fingerprint density at radius 1 is 1.33 bits per heavy atom. The lowest BCUT2D eigenvalue weighted by molar-refractivity contribution is -0.384. The molecule has 1 rings (SSSR count). The standard InChI is InChI=1S/C16H25FN2O2/c1-5-6-7-8-16(3,4)11-18-14-9-12(2)13(17)10-15(14)19(20)21/h9-10,18H,5-8,11H2,1-4H3. The van der Waals surface area contributed by atoms with E-state index >= 15 is 0 Å². The average Bonchev–Trinajstić information content (AvgIpc) is 2.39. The number of nitro benzene ring substituents is 1. The SMILES string of the molecule is CCCCCC(C)(C)CNc1cc(C)c(F)cc1[N+](=O)[O-]. The molecule has 4 nitrogen and oxygen atoms in total. The molecule has 0 fully saturated rings. The van der Waals surface area contributed by atoms with E-state index in [0.29, 0.717) is 17.8 Å². The third-order valence-electron chi connectivity index (χ3n) is 3.69. The van der Waals surface area contributed by atoms with Gasteiger partial charge < -0.3 is 5.32 Å². The third-order valence-corrected chi connectivity index (χ3v) is 3.69. The fourth-order valence-electron chi connectivity index (χ4n) is 2.24. The maximum atomic E-state index is 13.5. The van der Waals surface area contributed by atoms with Crippen LogP contribution in [0.5, 0.6) is 0 Å². The molecule has 118 valence electrons. The van der Waals surface area contributed by atoms with Gasteiger partial charge in [0.15, 0.2) is 0 Å². The van der Waals surface area contributed by atoms with Crippen molar-refractivity contribution in [3.8, 4) is 0 Å². The first kappa shape index (κ1) is 17.4. The van der Waals surface area contributed by atoms with E-state index in [1.165, 1.54) is 18.9 Å². The second-order valence-corrected chi connectivity index (χ2v) is 6.35. The maximum absolute atomic E-state index is 13.5. The fourth-order valence-corrected chi connectivity index (χ4v) is 2.24. The number of nitro groups is 1. The molecule has 0 bridgehead atoms. The van der Waals surface area contributed by atoms with Gasteiger partial charge in [0.25, 0.3) is 5.69 Å². The largest absolute Gasteiger partial charge is 0.379 e. The molecule has 21 heavy (non-hydrogen) atoms. The van der Waals surface area contributed by atoms with Crippen molar-refractivity contribution in [3.05, 3.63) is 33.6 Å². The number of anilines is 1. The minimum Gasteiger partial charge on any atom is -0.379 e. The number of benzene rings is 1. The van der Waals surface area contributed by atoms with Crippen LogP contribution in [0.3, 0.4) is 0 Å². The Labute approximate surface area is 125 Å². The van der Waals surface area contributed by atoms with Gasteiger partial charge in [-0.3, -0.25) is 10.1 Å². The van der Waals surface area contributed by atoms with Gasteiger partial charge in [-0.05, 0) is 30.4 Å². The summed E-state index contributed by atoms with van der Waals surface area (Å²) in [6, 6.07) is 2.50. The normalized spacial score (nSPS) is 11.5. The highest BCUT2D eigenvalue weighted by Crippen LogP contribution is 2.30. The summed E-state index contributed by atoms with van der Waals surface area (Å²) < 4.78 is 13.5. The molecular weight excluding hydrogens is 271 g/mol. The molecule has 0 saturated carbocycles. The first-order valence-corrected chi connectivity index (χ1v) is 7.45. The van der Waals surface area contributed by atoms with Crippen LogP contribution in [0.4, 0.5) is 15.8 Å². The topological polar surface area (TPSA) is 55.2 Å². The van der Waals surface area contributed by atoms with Gasteiger partial charge >= 0.3 is 0 Å². The molecule has 0 aliphatic rings. The Bertz CT molecular complexity index is 501. The van der Waals surface area contributed by atoms with Crippen LogP contribution in [0.25, 0.3) is 0 Å². The zero-order valence-corrected chi connectivity index (χ0v) is 13.3. The zero-order valence-electron chi connectivity index (χ0n) is 13.3. The van der Waals surface area contributed by atoms with Crippen LogP contribution in [0.1, 0.15) is 52.0 Å². The quantitative estimate of drug-likeness (QED) is 0.414. The summed E-state index contributed by atoms with van der Waals surface area (Å²) in [5, 5.41) is 14.1. The van der Waals surface area contributed by atoms with Crippen molar-refractivity contribution in [2.24, 2.45) is 5.41 Å². The summed E-state index contributed by atoms with van der Waals surface area (Å²) in [5.41, 5.74) is 0.641. The highest BCUT2D eigenvalue weighted by Gasteiger charge is 2.21. The highest BCUT2D eigenvalue weighted by molar-refractivity contribution is 5.63. The van der Waals surface area contributed by atoms with Crippen LogP contribution in [-0.4, -0.2) is 11.5 Å². The van der Waals surface area contributed by atoms with Gasteiger partial charge in [-0.1, -0.05) is 40.0 Å². The molecule has 0 unspecified atom stereocenters. The molecule has 0 heterocycles. The van der Waals surface area contributed by atoms with Gasteiger partial charge in [0.05, 0.1) is 11.0 Å².